The lowest BCUT2D eigenvalue weighted by Gasteiger charge is -2.33. The second kappa shape index (κ2) is 7.99. The largest absolute Gasteiger partial charge is 0.328 e. The number of amides is 3. The molecule has 1 aliphatic heterocycles. The van der Waals surface area contributed by atoms with Crippen LogP contribution in [-0.4, -0.2) is 47.2 Å². The van der Waals surface area contributed by atoms with Crippen molar-refractivity contribution in [3.8, 4) is 0 Å². The van der Waals surface area contributed by atoms with Crippen molar-refractivity contribution in [3.63, 3.8) is 0 Å². The van der Waals surface area contributed by atoms with Crippen molar-refractivity contribution < 1.29 is 18.8 Å². The van der Waals surface area contributed by atoms with Gasteiger partial charge in [-0.15, -0.1) is 0 Å². The molecule has 0 bridgehead atoms. The SMILES string of the molecule is Cc1ccccc1CN1CCN(CC(=O)Nc2cccc(F)c2)C(=O)C1=O. The van der Waals surface area contributed by atoms with Crippen LogP contribution >= 0.6 is 0 Å². The molecule has 3 rings (SSSR count). The second-order valence-electron chi connectivity index (χ2n) is 6.44. The van der Waals surface area contributed by atoms with Crippen molar-refractivity contribution in [3.05, 3.63) is 65.5 Å². The van der Waals surface area contributed by atoms with E-state index >= 15 is 0 Å². The van der Waals surface area contributed by atoms with E-state index < -0.39 is 23.5 Å². The number of hydrogen-bond donors (Lipinski definition) is 1. The first-order valence-electron chi connectivity index (χ1n) is 8.62. The van der Waals surface area contributed by atoms with E-state index in [-0.39, 0.29) is 13.1 Å². The number of nitrogens with one attached hydrogen (secondary N) is 1. The zero-order chi connectivity index (χ0) is 19.4. The summed E-state index contributed by atoms with van der Waals surface area (Å²) in [5.41, 5.74) is 2.34. The molecule has 0 aliphatic carbocycles. The maximum absolute atomic E-state index is 13.2. The Labute approximate surface area is 156 Å². The summed E-state index contributed by atoms with van der Waals surface area (Å²) < 4.78 is 13.2. The number of anilines is 1. The van der Waals surface area contributed by atoms with Crippen LogP contribution in [0.4, 0.5) is 10.1 Å². The fraction of sp³-hybridized carbons (Fsp3) is 0.250. The normalized spacial score (nSPS) is 14.4. The number of halogens is 1. The Morgan fingerprint density at radius 2 is 1.74 bits per heavy atom. The number of benzene rings is 2. The molecular formula is C20H20FN3O3. The molecule has 0 saturated carbocycles. The van der Waals surface area contributed by atoms with Crippen LogP contribution < -0.4 is 5.32 Å². The van der Waals surface area contributed by atoms with Gasteiger partial charge < -0.3 is 15.1 Å². The van der Waals surface area contributed by atoms with Gasteiger partial charge in [0.1, 0.15) is 12.4 Å². The van der Waals surface area contributed by atoms with E-state index in [1.54, 1.807) is 6.07 Å². The summed E-state index contributed by atoms with van der Waals surface area (Å²) >= 11 is 0. The smallest absolute Gasteiger partial charge is 0.312 e. The molecule has 1 aliphatic rings. The minimum Gasteiger partial charge on any atom is -0.328 e. The van der Waals surface area contributed by atoms with E-state index in [1.807, 2.05) is 31.2 Å². The summed E-state index contributed by atoms with van der Waals surface area (Å²) in [7, 11) is 0. The van der Waals surface area contributed by atoms with Gasteiger partial charge in [-0.25, -0.2) is 4.39 Å². The monoisotopic (exact) mass is 369 g/mol. The van der Waals surface area contributed by atoms with Crippen LogP contribution in [0.1, 0.15) is 11.1 Å². The Balaban J connectivity index is 1.58. The fourth-order valence-corrected chi connectivity index (χ4v) is 2.95. The fourth-order valence-electron chi connectivity index (χ4n) is 2.95. The molecule has 6 nitrogen and oxygen atoms in total. The van der Waals surface area contributed by atoms with Gasteiger partial charge in [-0.1, -0.05) is 30.3 Å². The number of aryl methyl sites for hydroxylation is 1. The highest BCUT2D eigenvalue weighted by Gasteiger charge is 2.33. The topological polar surface area (TPSA) is 69.7 Å². The van der Waals surface area contributed by atoms with E-state index in [0.29, 0.717) is 18.8 Å². The molecule has 1 N–H and O–H groups in total. The molecule has 1 fully saturated rings. The van der Waals surface area contributed by atoms with Gasteiger partial charge in [-0.2, -0.15) is 0 Å². The van der Waals surface area contributed by atoms with E-state index in [1.165, 1.54) is 28.0 Å². The Kier molecular flexibility index (Phi) is 5.49. The van der Waals surface area contributed by atoms with Gasteiger partial charge in [0, 0.05) is 25.3 Å². The minimum absolute atomic E-state index is 0.251. The lowest BCUT2D eigenvalue weighted by Crippen LogP contribution is -2.55. The highest BCUT2D eigenvalue weighted by Crippen LogP contribution is 2.14. The van der Waals surface area contributed by atoms with Crippen molar-refractivity contribution in [2.45, 2.75) is 13.5 Å². The molecule has 3 amide bonds. The Morgan fingerprint density at radius 1 is 1.04 bits per heavy atom. The van der Waals surface area contributed by atoms with Crippen LogP contribution in [0, 0.1) is 12.7 Å². The van der Waals surface area contributed by atoms with Crippen molar-refractivity contribution in [2.24, 2.45) is 0 Å². The van der Waals surface area contributed by atoms with Crippen LogP contribution in [0.5, 0.6) is 0 Å². The predicted octanol–water partition coefficient (Wildman–Crippen LogP) is 1.94. The van der Waals surface area contributed by atoms with Gasteiger partial charge in [0.25, 0.3) is 0 Å². The number of carbonyl (C=O) groups is 3. The molecule has 0 aromatic heterocycles. The molecule has 0 spiro atoms. The summed E-state index contributed by atoms with van der Waals surface area (Å²) in [6.45, 7) is 2.69. The zero-order valence-corrected chi connectivity index (χ0v) is 14.9. The molecule has 0 unspecified atom stereocenters. The maximum Gasteiger partial charge on any atom is 0.312 e. The number of hydrogen-bond acceptors (Lipinski definition) is 3. The summed E-state index contributed by atoms with van der Waals surface area (Å²) in [6, 6.07) is 13.2. The van der Waals surface area contributed by atoms with E-state index in [0.717, 1.165) is 11.1 Å². The number of carbonyl (C=O) groups excluding carboxylic acids is 3. The second-order valence-corrected chi connectivity index (χ2v) is 6.44. The minimum atomic E-state index is -0.704. The first-order valence-corrected chi connectivity index (χ1v) is 8.62. The molecule has 140 valence electrons. The summed E-state index contributed by atoms with van der Waals surface area (Å²) in [6.07, 6.45) is 0. The van der Waals surface area contributed by atoms with Gasteiger partial charge in [-0.3, -0.25) is 14.4 Å². The Morgan fingerprint density at radius 3 is 2.48 bits per heavy atom. The highest BCUT2D eigenvalue weighted by atomic mass is 19.1. The summed E-state index contributed by atoms with van der Waals surface area (Å²) in [4.78, 5) is 39.6. The third-order valence-electron chi connectivity index (χ3n) is 4.46. The Bertz CT molecular complexity index is 884. The predicted molar refractivity (Wildman–Crippen MR) is 98.2 cm³/mol. The maximum atomic E-state index is 13.2. The molecular weight excluding hydrogens is 349 g/mol. The molecule has 2 aromatic carbocycles. The van der Waals surface area contributed by atoms with Crippen LogP contribution in [-0.2, 0) is 20.9 Å². The molecule has 1 heterocycles. The van der Waals surface area contributed by atoms with Crippen LogP contribution in [0.2, 0.25) is 0 Å². The molecule has 0 atom stereocenters. The lowest BCUT2D eigenvalue weighted by molar-refractivity contribution is -0.157. The van der Waals surface area contributed by atoms with Gasteiger partial charge in [0.15, 0.2) is 0 Å². The quantitative estimate of drug-likeness (QED) is 0.819. The van der Waals surface area contributed by atoms with E-state index in [4.69, 9.17) is 0 Å². The molecule has 2 aromatic rings. The van der Waals surface area contributed by atoms with E-state index in [2.05, 4.69) is 5.32 Å². The standard InChI is InChI=1S/C20H20FN3O3/c1-14-5-2-3-6-15(14)12-23-9-10-24(20(27)19(23)26)13-18(25)22-17-8-4-7-16(21)11-17/h2-8,11H,9-10,12-13H2,1H3,(H,22,25). The average Bonchev–Trinajstić information content (AvgIpc) is 2.63. The number of piperazine rings is 1. The summed E-state index contributed by atoms with van der Waals surface area (Å²) in [5, 5.41) is 2.53. The lowest BCUT2D eigenvalue weighted by atomic mass is 10.1. The molecule has 7 heteroatoms. The summed E-state index contributed by atoms with van der Waals surface area (Å²) in [5.74, 6) is -2.27. The molecule has 27 heavy (non-hydrogen) atoms. The van der Waals surface area contributed by atoms with Gasteiger partial charge in [-0.05, 0) is 36.2 Å². The van der Waals surface area contributed by atoms with Gasteiger partial charge >= 0.3 is 11.8 Å². The van der Waals surface area contributed by atoms with Crippen molar-refractivity contribution in [1.82, 2.24) is 9.80 Å². The third kappa shape index (κ3) is 4.49. The molecule has 1 saturated heterocycles. The van der Waals surface area contributed by atoms with Gasteiger partial charge in [0.05, 0.1) is 0 Å². The first kappa shape index (κ1) is 18.6. The van der Waals surface area contributed by atoms with Crippen LogP contribution in [0.15, 0.2) is 48.5 Å². The molecule has 0 radical (unpaired) electrons. The third-order valence-corrected chi connectivity index (χ3v) is 4.46. The van der Waals surface area contributed by atoms with E-state index in [9.17, 15) is 18.8 Å². The first-order chi connectivity index (χ1) is 12.9. The van der Waals surface area contributed by atoms with Crippen molar-refractivity contribution in [1.29, 1.82) is 0 Å². The zero-order valence-electron chi connectivity index (χ0n) is 14.9. The number of nitrogens with zero attached hydrogens (tertiary/aromatic N) is 2. The van der Waals surface area contributed by atoms with Crippen LogP contribution in [0.3, 0.4) is 0 Å². The number of rotatable bonds is 5. The average molecular weight is 369 g/mol. The Hall–Kier alpha value is -3.22. The van der Waals surface area contributed by atoms with Crippen molar-refractivity contribution in [2.75, 3.05) is 25.0 Å². The highest BCUT2D eigenvalue weighted by molar-refractivity contribution is 6.35. The van der Waals surface area contributed by atoms with Crippen molar-refractivity contribution >= 4 is 23.4 Å². The van der Waals surface area contributed by atoms with Gasteiger partial charge in [0.2, 0.25) is 5.91 Å². The van der Waals surface area contributed by atoms with Crippen LogP contribution in [0.25, 0.3) is 0 Å².